The highest BCUT2D eigenvalue weighted by Gasteiger charge is 2.18. The molecule has 1 fully saturated rings. The number of piperidine rings is 1. The second-order valence-corrected chi connectivity index (χ2v) is 7.13. The first-order valence-corrected chi connectivity index (χ1v) is 9.32. The number of nitrogens with zero attached hydrogens (tertiary/aromatic N) is 3. The van der Waals surface area contributed by atoms with Gasteiger partial charge in [-0.15, -0.1) is 11.3 Å². The highest BCUT2D eigenvalue weighted by molar-refractivity contribution is 7.09. The lowest BCUT2D eigenvalue weighted by molar-refractivity contribution is 0.575. The molecule has 0 saturated carbocycles. The summed E-state index contributed by atoms with van der Waals surface area (Å²) >= 11 is 1.63. The molecule has 0 atom stereocenters. The molecule has 3 aromatic heterocycles. The number of rotatable bonds is 1. The van der Waals surface area contributed by atoms with Crippen LogP contribution in [0.5, 0.6) is 0 Å². The van der Waals surface area contributed by atoms with Crippen molar-refractivity contribution in [2.75, 3.05) is 18.0 Å². The summed E-state index contributed by atoms with van der Waals surface area (Å²) in [5, 5.41) is 6.97. The number of hydrogen-bond acceptors (Lipinski definition) is 4. The summed E-state index contributed by atoms with van der Waals surface area (Å²) in [5.41, 5.74) is 1.73. The predicted molar refractivity (Wildman–Crippen MR) is 100 cm³/mol. The zero-order chi connectivity index (χ0) is 16.1. The Morgan fingerprint density at radius 2 is 1.83 bits per heavy atom. The highest BCUT2D eigenvalue weighted by atomic mass is 32.1. The van der Waals surface area contributed by atoms with Crippen molar-refractivity contribution >= 4 is 44.5 Å². The van der Waals surface area contributed by atoms with Gasteiger partial charge in [0.2, 0.25) is 0 Å². The van der Waals surface area contributed by atoms with Crippen LogP contribution in [0.2, 0.25) is 0 Å². The molecule has 4 aromatic rings. The minimum Gasteiger partial charge on any atom is -0.356 e. The third kappa shape index (κ3) is 1.97. The van der Waals surface area contributed by atoms with Crippen molar-refractivity contribution in [1.82, 2.24) is 9.38 Å². The first-order valence-electron chi connectivity index (χ1n) is 8.38. The van der Waals surface area contributed by atoms with Crippen molar-refractivity contribution in [3.8, 4) is 0 Å². The van der Waals surface area contributed by atoms with Crippen LogP contribution in [0.25, 0.3) is 27.3 Å². The van der Waals surface area contributed by atoms with Crippen LogP contribution in [0.15, 0.2) is 45.9 Å². The van der Waals surface area contributed by atoms with E-state index < -0.39 is 0 Å². The molecule has 1 aromatic carbocycles. The van der Waals surface area contributed by atoms with Crippen molar-refractivity contribution in [3.63, 3.8) is 0 Å². The molecule has 1 aliphatic rings. The summed E-state index contributed by atoms with van der Waals surface area (Å²) in [5.74, 6) is 1.03. The lowest BCUT2D eigenvalue weighted by Gasteiger charge is -2.28. The average Bonchev–Trinajstić information content (AvgIpc) is 3.11. The van der Waals surface area contributed by atoms with Crippen molar-refractivity contribution in [3.05, 3.63) is 51.4 Å². The van der Waals surface area contributed by atoms with E-state index in [0.29, 0.717) is 0 Å². The van der Waals surface area contributed by atoms with Crippen molar-refractivity contribution < 1.29 is 0 Å². The lowest BCUT2D eigenvalue weighted by atomic mass is 10.1. The molecule has 0 bridgehead atoms. The average molecular weight is 335 g/mol. The number of benzene rings is 1. The maximum Gasteiger partial charge on any atom is 0.264 e. The molecule has 0 amide bonds. The van der Waals surface area contributed by atoms with Crippen LogP contribution >= 0.6 is 11.3 Å². The first-order chi connectivity index (χ1) is 11.8. The van der Waals surface area contributed by atoms with E-state index in [0.717, 1.165) is 46.2 Å². The fourth-order valence-electron chi connectivity index (χ4n) is 3.71. The van der Waals surface area contributed by atoms with Gasteiger partial charge in [-0.3, -0.25) is 9.20 Å². The van der Waals surface area contributed by atoms with Crippen LogP contribution in [-0.4, -0.2) is 22.5 Å². The quantitative estimate of drug-likeness (QED) is 0.493. The fraction of sp³-hybridized carbons (Fsp3) is 0.263. The summed E-state index contributed by atoms with van der Waals surface area (Å²) in [6.45, 7) is 2.10. The third-order valence-corrected chi connectivity index (χ3v) is 5.64. The number of thiophene rings is 1. The maximum absolute atomic E-state index is 13.0. The molecule has 0 radical (unpaired) electrons. The summed E-state index contributed by atoms with van der Waals surface area (Å²) < 4.78 is 1.77. The van der Waals surface area contributed by atoms with Gasteiger partial charge in [-0.05, 0) is 36.8 Å². The third-order valence-electron chi connectivity index (χ3n) is 4.91. The van der Waals surface area contributed by atoms with Gasteiger partial charge in [-0.1, -0.05) is 18.2 Å². The number of pyridine rings is 1. The molecular weight excluding hydrogens is 318 g/mol. The smallest absolute Gasteiger partial charge is 0.264 e. The van der Waals surface area contributed by atoms with E-state index in [2.05, 4.69) is 15.7 Å². The number of fused-ring (bicyclic) bond motifs is 4. The number of aromatic nitrogens is 2. The molecule has 120 valence electrons. The molecule has 5 rings (SSSR count). The Morgan fingerprint density at radius 1 is 1.00 bits per heavy atom. The van der Waals surface area contributed by atoms with Gasteiger partial charge in [-0.2, -0.15) is 0 Å². The van der Waals surface area contributed by atoms with E-state index in [1.165, 1.54) is 19.3 Å². The van der Waals surface area contributed by atoms with Gasteiger partial charge in [0.05, 0.1) is 10.9 Å². The fourth-order valence-corrected chi connectivity index (χ4v) is 4.50. The van der Waals surface area contributed by atoms with Crippen LogP contribution in [0, 0.1) is 0 Å². The normalized spacial score (nSPS) is 15.6. The van der Waals surface area contributed by atoms with E-state index in [-0.39, 0.29) is 5.56 Å². The molecule has 4 heterocycles. The summed E-state index contributed by atoms with van der Waals surface area (Å²) in [4.78, 5) is 20.3. The number of anilines is 1. The lowest BCUT2D eigenvalue weighted by Crippen LogP contribution is -2.30. The Morgan fingerprint density at radius 3 is 2.71 bits per heavy atom. The Hall–Kier alpha value is -2.40. The van der Waals surface area contributed by atoms with Gasteiger partial charge in [0.15, 0.2) is 0 Å². The predicted octanol–water partition coefficient (Wildman–Crippen LogP) is 4.05. The van der Waals surface area contributed by atoms with Gasteiger partial charge >= 0.3 is 0 Å². The van der Waals surface area contributed by atoms with E-state index in [1.54, 1.807) is 15.7 Å². The minimum atomic E-state index is 0.0178. The molecule has 0 aliphatic carbocycles. The Kier molecular flexibility index (Phi) is 3.10. The summed E-state index contributed by atoms with van der Waals surface area (Å²) in [7, 11) is 0. The van der Waals surface area contributed by atoms with Gasteiger partial charge in [-0.25, -0.2) is 4.98 Å². The summed E-state index contributed by atoms with van der Waals surface area (Å²) in [6, 6.07) is 9.78. The SMILES string of the molecule is O=c1c2ccccc2cc2nc(N3CCCCC3)c3cscc3n12. The Bertz CT molecular complexity index is 1120. The molecule has 1 saturated heterocycles. The standard InChI is InChI=1S/C19H17N3OS/c23-19-14-7-3-2-6-13(14)10-17-20-18(21-8-4-1-5-9-21)15-11-24-12-16(15)22(17)19/h2-3,6-7,10-12H,1,4-5,8-9H2. The zero-order valence-corrected chi connectivity index (χ0v) is 14.1. The first kappa shape index (κ1) is 14.0. The molecule has 0 unspecified atom stereocenters. The van der Waals surface area contributed by atoms with Crippen LogP contribution in [0.1, 0.15) is 19.3 Å². The monoisotopic (exact) mass is 335 g/mol. The molecule has 0 spiro atoms. The van der Waals surface area contributed by atoms with Crippen LogP contribution in [0.4, 0.5) is 5.82 Å². The van der Waals surface area contributed by atoms with Crippen LogP contribution in [0.3, 0.4) is 0 Å². The van der Waals surface area contributed by atoms with Crippen LogP contribution < -0.4 is 10.5 Å². The van der Waals surface area contributed by atoms with Crippen LogP contribution in [-0.2, 0) is 0 Å². The highest BCUT2D eigenvalue weighted by Crippen LogP contribution is 2.31. The van der Waals surface area contributed by atoms with Gasteiger partial charge in [0.25, 0.3) is 5.56 Å². The Balaban J connectivity index is 1.90. The van der Waals surface area contributed by atoms with Crippen molar-refractivity contribution in [2.24, 2.45) is 0 Å². The minimum absolute atomic E-state index is 0.0178. The second kappa shape index (κ2) is 5.31. The molecule has 5 heteroatoms. The van der Waals surface area contributed by atoms with E-state index in [4.69, 9.17) is 4.98 Å². The molecule has 0 N–H and O–H groups in total. The second-order valence-electron chi connectivity index (χ2n) is 6.38. The largest absolute Gasteiger partial charge is 0.356 e. The summed E-state index contributed by atoms with van der Waals surface area (Å²) in [6.07, 6.45) is 3.72. The van der Waals surface area contributed by atoms with E-state index in [1.807, 2.05) is 30.3 Å². The zero-order valence-electron chi connectivity index (χ0n) is 13.2. The van der Waals surface area contributed by atoms with E-state index in [9.17, 15) is 4.79 Å². The van der Waals surface area contributed by atoms with Gasteiger partial charge in [0, 0.05) is 29.2 Å². The Labute approximate surface area is 143 Å². The molecular formula is C19H17N3OS. The van der Waals surface area contributed by atoms with Crippen molar-refractivity contribution in [1.29, 1.82) is 0 Å². The topological polar surface area (TPSA) is 37.6 Å². The van der Waals surface area contributed by atoms with Crippen molar-refractivity contribution in [2.45, 2.75) is 19.3 Å². The molecule has 1 aliphatic heterocycles. The number of hydrogen-bond donors (Lipinski definition) is 0. The molecule has 24 heavy (non-hydrogen) atoms. The van der Waals surface area contributed by atoms with E-state index >= 15 is 0 Å². The molecule has 4 nitrogen and oxygen atoms in total. The van der Waals surface area contributed by atoms with Gasteiger partial charge in [0.1, 0.15) is 11.5 Å². The maximum atomic E-state index is 13.0. The van der Waals surface area contributed by atoms with Gasteiger partial charge < -0.3 is 4.90 Å².